The lowest BCUT2D eigenvalue weighted by Gasteiger charge is -2.16. The lowest BCUT2D eigenvalue weighted by Crippen LogP contribution is -2.12. The molecule has 0 fully saturated rings. The molecule has 6 nitrogen and oxygen atoms in total. The maximum absolute atomic E-state index is 12.3. The van der Waals surface area contributed by atoms with Crippen molar-refractivity contribution in [3.8, 4) is 0 Å². The molecule has 6 heteroatoms. The number of non-ortho nitro benzene ring substituents is 1. The molecule has 1 heterocycles. The predicted molar refractivity (Wildman–Crippen MR) is 101 cm³/mol. The Hall–Kier alpha value is -3.80. The number of pyridine rings is 1. The summed E-state index contributed by atoms with van der Waals surface area (Å²) < 4.78 is 5.61. The maximum Gasteiger partial charge on any atom is 0.331 e. The Balaban J connectivity index is 1.75. The highest BCUT2D eigenvalue weighted by Crippen LogP contribution is 2.24. The van der Waals surface area contributed by atoms with Gasteiger partial charge in [0.1, 0.15) is 0 Å². The molecule has 0 spiro atoms. The molecule has 0 amide bonds. The van der Waals surface area contributed by atoms with Gasteiger partial charge in [0.2, 0.25) is 0 Å². The first kappa shape index (κ1) is 18.0. The topological polar surface area (TPSA) is 82.3 Å². The molecule has 0 N–H and O–H groups in total. The fourth-order valence-corrected chi connectivity index (χ4v) is 2.48. The average molecular weight is 360 g/mol. The average Bonchev–Trinajstić information content (AvgIpc) is 2.72. The molecular weight excluding hydrogens is 344 g/mol. The second-order valence-electron chi connectivity index (χ2n) is 5.66. The third-order valence-electron chi connectivity index (χ3n) is 3.81. The SMILES string of the molecule is O=C(/C=C/c1ccc([N+](=O)[O-])cc1)OC(c1ccccc1)c1ccccn1. The fraction of sp³-hybridized carbons (Fsp3) is 0.0476. The molecule has 3 rings (SSSR count). The van der Waals surface area contributed by atoms with Gasteiger partial charge in [0.05, 0.1) is 10.6 Å². The Morgan fingerprint density at radius 1 is 1.00 bits per heavy atom. The first-order chi connectivity index (χ1) is 13.1. The standard InChI is InChI=1S/C21H16N2O4/c24-20(14-11-16-9-12-18(13-10-16)23(25)26)27-21(17-6-2-1-3-7-17)19-8-4-5-15-22-19/h1-15,21H/b14-11+. The van der Waals surface area contributed by atoms with Gasteiger partial charge >= 0.3 is 5.97 Å². The molecule has 1 atom stereocenters. The molecule has 0 aliphatic carbocycles. The number of nitrogens with zero attached hydrogens (tertiary/aromatic N) is 2. The molecule has 0 radical (unpaired) electrons. The molecule has 0 saturated heterocycles. The first-order valence-electron chi connectivity index (χ1n) is 8.22. The van der Waals surface area contributed by atoms with Gasteiger partial charge in [0, 0.05) is 24.4 Å². The zero-order valence-electron chi connectivity index (χ0n) is 14.3. The number of hydrogen-bond donors (Lipinski definition) is 0. The van der Waals surface area contributed by atoms with Crippen LogP contribution < -0.4 is 0 Å². The number of aromatic nitrogens is 1. The van der Waals surface area contributed by atoms with E-state index in [0.29, 0.717) is 11.3 Å². The Morgan fingerprint density at radius 3 is 2.33 bits per heavy atom. The van der Waals surface area contributed by atoms with Crippen LogP contribution in [-0.4, -0.2) is 15.9 Å². The van der Waals surface area contributed by atoms with Crippen molar-refractivity contribution in [3.05, 3.63) is 112 Å². The quantitative estimate of drug-likeness (QED) is 0.283. The van der Waals surface area contributed by atoms with Crippen LogP contribution in [0.4, 0.5) is 5.69 Å². The van der Waals surface area contributed by atoms with E-state index in [-0.39, 0.29) is 5.69 Å². The summed E-state index contributed by atoms with van der Waals surface area (Å²) >= 11 is 0. The summed E-state index contributed by atoms with van der Waals surface area (Å²) in [5, 5.41) is 10.7. The van der Waals surface area contributed by atoms with Gasteiger partial charge in [0.25, 0.3) is 5.69 Å². The number of esters is 1. The molecule has 2 aromatic carbocycles. The third-order valence-corrected chi connectivity index (χ3v) is 3.81. The summed E-state index contributed by atoms with van der Waals surface area (Å²) in [6, 6.07) is 20.7. The maximum atomic E-state index is 12.3. The summed E-state index contributed by atoms with van der Waals surface area (Å²) in [7, 11) is 0. The number of carbonyl (C=O) groups excluding carboxylic acids is 1. The molecule has 0 bridgehead atoms. The summed E-state index contributed by atoms with van der Waals surface area (Å²) in [5.41, 5.74) is 2.09. The minimum Gasteiger partial charge on any atom is -0.448 e. The molecule has 1 unspecified atom stereocenters. The Kier molecular flexibility index (Phi) is 5.69. The molecule has 0 saturated carbocycles. The third kappa shape index (κ3) is 4.85. The molecule has 0 aliphatic rings. The van der Waals surface area contributed by atoms with Gasteiger partial charge in [-0.15, -0.1) is 0 Å². The van der Waals surface area contributed by atoms with Crippen molar-refractivity contribution in [1.82, 2.24) is 4.98 Å². The largest absolute Gasteiger partial charge is 0.448 e. The van der Waals surface area contributed by atoms with Crippen LogP contribution in [0.1, 0.15) is 22.9 Å². The van der Waals surface area contributed by atoms with Gasteiger partial charge in [-0.1, -0.05) is 36.4 Å². The normalized spacial score (nSPS) is 11.9. The lowest BCUT2D eigenvalue weighted by atomic mass is 10.1. The monoisotopic (exact) mass is 360 g/mol. The summed E-state index contributed by atoms with van der Waals surface area (Å²) in [6.45, 7) is 0. The van der Waals surface area contributed by atoms with Gasteiger partial charge in [-0.05, 0) is 41.5 Å². The van der Waals surface area contributed by atoms with E-state index in [1.54, 1.807) is 36.5 Å². The second-order valence-corrected chi connectivity index (χ2v) is 5.66. The zero-order chi connectivity index (χ0) is 19.1. The van der Waals surface area contributed by atoms with Crippen LogP contribution >= 0.6 is 0 Å². The van der Waals surface area contributed by atoms with Crippen LogP contribution in [0.15, 0.2) is 85.1 Å². The minimum atomic E-state index is -0.624. The van der Waals surface area contributed by atoms with Crippen molar-refractivity contribution in [2.24, 2.45) is 0 Å². The number of carbonyl (C=O) groups is 1. The highest BCUT2D eigenvalue weighted by molar-refractivity contribution is 5.87. The van der Waals surface area contributed by atoms with Crippen molar-refractivity contribution < 1.29 is 14.5 Å². The van der Waals surface area contributed by atoms with Crippen molar-refractivity contribution >= 4 is 17.7 Å². The molecule has 3 aromatic rings. The number of nitro benzene ring substituents is 1. The number of hydrogen-bond acceptors (Lipinski definition) is 5. The minimum absolute atomic E-state index is 0.00554. The summed E-state index contributed by atoms with van der Waals surface area (Å²) in [4.78, 5) is 26.8. The van der Waals surface area contributed by atoms with E-state index in [1.807, 2.05) is 36.4 Å². The zero-order valence-corrected chi connectivity index (χ0v) is 14.3. The van der Waals surface area contributed by atoms with E-state index in [9.17, 15) is 14.9 Å². The van der Waals surface area contributed by atoms with Crippen LogP contribution in [0.5, 0.6) is 0 Å². The van der Waals surface area contributed by atoms with E-state index in [1.165, 1.54) is 18.2 Å². The predicted octanol–water partition coefficient (Wildman–Crippen LogP) is 4.34. The molecule has 1 aromatic heterocycles. The second kappa shape index (κ2) is 8.53. The van der Waals surface area contributed by atoms with Crippen LogP contribution in [0, 0.1) is 10.1 Å². The number of nitro groups is 1. The van der Waals surface area contributed by atoms with Crippen LogP contribution in [0.25, 0.3) is 6.08 Å². The number of rotatable bonds is 6. The highest BCUT2D eigenvalue weighted by Gasteiger charge is 2.18. The van der Waals surface area contributed by atoms with Gasteiger partial charge < -0.3 is 4.74 Å². The molecule has 27 heavy (non-hydrogen) atoms. The number of benzene rings is 2. The van der Waals surface area contributed by atoms with Gasteiger partial charge in [-0.3, -0.25) is 15.1 Å². The Labute approximate surface area is 155 Å². The fourth-order valence-electron chi connectivity index (χ4n) is 2.48. The Bertz CT molecular complexity index is 899. The van der Waals surface area contributed by atoms with E-state index in [0.717, 1.165) is 5.56 Å². The van der Waals surface area contributed by atoms with E-state index in [4.69, 9.17) is 4.74 Å². The molecular formula is C21H16N2O4. The molecule has 134 valence electrons. The van der Waals surface area contributed by atoms with Crippen molar-refractivity contribution in [1.29, 1.82) is 0 Å². The van der Waals surface area contributed by atoms with Crippen molar-refractivity contribution in [2.45, 2.75) is 6.10 Å². The van der Waals surface area contributed by atoms with E-state index >= 15 is 0 Å². The first-order valence-corrected chi connectivity index (χ1v) is 8.22. The Morgan fingerprint density at radius 2 is 1.70 bits per heavy atom. The lowest BCUT2D eigenvalue weighted by molar-refractivity contribution is -0.384. The van der Waals surface area contributed by atoms with Crippen molar-refractivity contribution in [3.63, 3.8) is 0 Å². The van der Waals surface area contributed by atoms with Gasteiger partial charge in [-0.25, -0.2) is 4.79 Å². The highest BCUT2D eigenvalue weighted by atomic mass is 16.6. The van der Waals surface area contributed by atoms with Crippen molar-refractivity contribution in [2.75, 3.05) is 0 Å². The van der Waals surface area contributed by atoms with Gasteiger partial charge in [0.15, 0.2) is 6.10 Å². The number of ether oxygens (including phenoxy) is 1. The van der Waals surface area contributed by atoms with Gasteiger partial charge in [-0.2, -0.15) is 0 Å². The summed E-state index contributed by atoms with van der Waals surface area (Å²) in [5.74, 6) is -0.534. The van der Waals surface area contributed by atoms with E-state index in [2.05, 4.69) is 4.98 Å². The molecule has 0 aliphatic heterocycles. The van der Waals surface area contributed by atoms with Crippen LogP contribution in [0.2, 0.25) is 0 Å². The van der Waals surface area contributed by atoms with Crippen LogP contribution in [0.3, 0.4) is 0 Å². The smallest absolute Gasteiger partial charge is 0.331 e. The van der Waals surface area contributed by atoms with Crippen LogP contribution in [-0.2, 0) is 9.53 Å². The summed E-state index contributed by atoms with van der Waals surface area (Å²) in [6.07, 6.45) is 3.86. The van der Waals surface area contributed by atoms with E-state index < -0.39 is 17.0 Å².